The quantitative estimate of drug-likeness (QED) is 0.434. The molecule has 1 amide bonds. The van der Waals surface area contributed by atoms with E-state index in [9.17, 15) is 28.1 Å². The van der Waals surface area contributed by atoms with Gasteiger partial charge in [0.2, 0.25) is 5.91 Å². The number of amides is 1. The van der Waals surface area contributed by atoms with Crippen molar-refractivity contribution < 1.29 is 22.9 Å². The number of nitro groups is 1. The fourth-order valence-electron chi connectivity index (χ4n) is 2.58. The van der Waals surface area contributed by atoms with E-state index in [0.29, 0.717) is 6.07 Å². The van der Waals surface area contributed by atoms with E-state index in [4.69, 9.17) is 0 Å². The van der Waals surface area contributed by atoms with Crippen LogP contribution in [0.15, 0.2) is 42.5 Å². The van der Waals surface area contributed by atoms with Gasteiger partial charge in [-0.05, 0) is 24.3 Å². The van der Waals surface area contributed by atoms with Crippen LogP contribution in [0.2, 0.25) is 0 Å². The maximum atomic E-state index is 12.7. The van der Waals surface area contributed by atoms with E-state index in [1.165, 1.54) is 11.3 Å². The number of alkyl halides is 3. The van der Waals surface area contributed by atoms with Crippen LogP contribution >= 0.6 is 11.3 Å². The van der Waals surface area contributed by atoms with Gasteiger partial charge in [0, 0.05) is 19.0 Å². The molecule has 29 heavy (non-hydrogen) atoms. The molecular formula is C18H15F3N4O3S. The van der Waals surface area contributed by atoms with Gasteiger partial charge in [0.05, 0.1) is 27.2 Å². The summed E-state index contributed by atoms with van der Waals surface area (Å²) in [5.74, 6) is -0.314. The SMILES string of the molecule is O=C(CCNc1ccc(C(F)(F)F)cc1[N+](=O)[O-])NCc1nc2ccccc2s1. The van der Waals surface area contributed by atoms with Gasteiger partial charge in [-0.2, -0.15) is 13.2 Å². The van der Waals surface area contributed by atoms with Crippen LogP contribution in [-0.2, 0) is 17.5 Å². The maximum Gasteiger partial charge on any atom is 0.416 e. The number of hydrogen-bond acceptors (Lipinski definition) is 6. The summed E-state index contributed by atoms with van der Waals surface area (Å²) in [4.78, 5) is 26.5. The number of carbonyl (C=O) groups is 1. The van der Waals surface area contributed by atoms with Gasteiger partial charge in [0.15, 0.2) is 0 Å². The van der Waals surface area contributed by atoms with Gasteiger partial charge in [-0.1, -0.05) is 12.1 Å². The van der Waals surface area contributed by atoms with Crippen molar-refractivity contribution >= 4 is 38.8 Å². The summed E-state index contributed by atoms with van der Waals surface area (Å²) in [5.41, 5.74) is -1.04. The van der Waals surface area contributed by atoms with Gasteiger partial charge < -0.3 is 10.6 Å². The average Bonchev–Trinajstić information content (AvgIpc) is 3.08. The number of halogens is 3. The Hall–Kier alpha value is -3.21. The molecule has 0 aliphatic carbocycles. The molecule has 1 aromatic heterocycles. The zero-order valence-electron chi connectivity index (χ0n) is 14.8. The van der Waals surface area contributed by atoms with Gasteiger partial charge in [0.1, 0.15) is 10.7 Å². The molecule has 0 atom stereocenters. The first-order valence-electron chi connectivity index (χ1n) is 8.44. The predicted octanol–water partition coefficient (Wildman–Crippen LogP) is 4.34. The normalized spacial score (nSPS) is 11.4. The van der Waals surface area contributed by atoms with Crippen molar-refractivity contribution in [1.29, 1.82) is 0 Å². The molecule has 0 aliphatic heterocycles. The third-order valence-electron chi connectivity index (χ3n) is 3.96. The monoisotopic (exact) mass is 424 g/mol. The molecule has 3 aromatic rings. The van der Waals surface area contributed by atoms with Gasteiger partial charge >= 0.3 is 6.18 Å². The Bertz CT molecular complexity index is 1020. The van der Waals surface area contributed by atoms with Gasteiger partial charge in [-0.25, -0.2) is 4.98 Å². The first kappa shape index (κ1) is 20.5. The van der Waals surface area contributed by atoms with Crippen molar-refractivity contribution in [3.63, 3.8) is 0 Å². The van der Waals surface area contributed by atoms with Crippen LogP contribution in [0.3, 0.4) is 0 Å². The number of fused-ring (bicyclic) bond motifs is 1. The highest BCUT2D eigenvalue weighted by Gasteiger charge is 2.33. The number of nitro benzene ring substituents is 1. The van der Waals surface area contributed by atoms with Gasteiger partial charge in [-0.15, -0.1) is 11.3 Å². The highest BCUT2D eigenvalue weighted by Crippen LogP contribution is 2.34. The van der Waals surface area contributed by atoms with Crippen LogP contribution < -0.4 is 10.6 Å². The van der Waals surface area contributed by atoms with E-state index in [-0.39, 0.29) is 31.1 Å². The number of nitrogens with zero attached hydrogens (tertiary/aromatic N) is 2. The van der Waals surface area contributed by atoms with Crippen LogP contribution in [0.1, 0.15) is 17.0 Å². The van der Waals surface area contributed by atoms with E-state index in [2.05, 4.69) is 15.6 Å². The molecule has 2 aromatic carbocycles. The number of hydrogen-bond donors (Lipinski definition) is 2. The minimum atomic E-state index is -4.68. The van der Waals surface area contributed by atoms with Crippen molar-refractivity contribution in [2.24, 2.45) is 0 Å². The molecule has 2 N–H and O–H groups in total. The third-order valence-corrected chi connectivity index (χ3v) is 5.00. The van der Waals surface area contributed by atoms with Crippen LogP contribution in [0.4, 0.5) is 24.5 Å². The summed E-state index contributed by atoms with van der Waals surface area (Å²) in [5, 5.41) is 17.1. The maximum absolute atomic E-state index is 12.7. The highest BCUT2D eigenvalue weighted by molar-refractivity contribution is 7.18. The zero-order chi connectivity index (χ0) is 21.0. The molecule has 0 saturated carbocycles. The van der Waals surface area contributed by atoms with Crippen molar-refractivity contribution in [3.8, 4) is 0 Å². The first-order chi connectivity index (χ1) is 13.7. The molecular weight excluding hydrogens is 409 g/mol. The largest absolute Gasteiger partial charge is 0.416 e. The lowest BCUT2D eigenvalue weighted by molar-refractivity contribution is -0.384. The number of aromatic nitrogens is 1. The van der Waals surface area contributed by atoms with E-state index >= 15 is 0 Å². The summed E-state index contributed by atoms with van der Waals surface area (Å²) < 4.78 is 39.1. The summed E-state index contributed by atoms with van der Waals surface area (Å²) >= 11 is 1.46. The molecule has 0 radical (unpaired) electrons. The van der Waals surface area contributed by atoms with E-state index in [0.717, 1.165) is 27.4 Å². The summed E-state index contributed by atoms with van der Waals surface area (Å²) in [6.45, 7) is 0.274. The fraction of sp³-hybridized carbons (Fsp3) is 0.222. The zero-order valence-corrected chi connectivity index (χ0v) is 15.6. The topological polar surface area (TPSA) is 97.2 Å². The smallest absolute Gasteiger partial charge is 0.379 e. The second-order valence-corrected chi connectivity index (χ2v) is 7.13. The lowest BCUT2D eigenvalue weighted by atomic mass is 10.1. The van der Waals surface area contributed by atoms with Crippen molar-refractivity contribution in [2.75, 3.05) is 11.9 Å². The molecule has 0 aliphatic rings. The number of carbonyl (C=O) groups excluding carboxylic acids is 1. The van der Waals surface area contributed by atoms with Crippen molar-refractivity contribution in [2.45, 2.75) is 19.1 Å². The van der Waals surface area contributed by atoms with Crippen LogP contribution in [0.5, 0.6) is 0 Å². The third kappa shape index (κ3) is 5.19. The van der Waals surface area contributed by atoms with Crippen molar-refractivity contribution in [3.05, 3.63) is 63.1 Å². The Labute approximate surface area is 166 Å². The molecule has 1 heterocycles. The molecule has 0 unspecified atom stereocenters. The fourth-order valence-corrected chi connectivity index (χ4v) is 3.48. The standard InChI is InChI=1S/C18H15F3N4O3S/c19-18(20,21)11-5-6-12(14(9-11)25(27)28)22-8-7-16(26)23-10-17-24-13-3-1-2-4-15(13)29-17/h1-6,9,22H,7-8,10H2,(H,23,26). The molecule has 7 nitrogen and oxygen atoms in total. The number of anilines is 1. The Morgan fingerprint density at radius 3 is 2.66 bits per heavy atom. The van der Waals surface area contributed by atoms with E-state index < -0.39 is 22.4 Å². The number of rotatable bonds is 7. The molecule has 11 heteroatoms. The molecule has 152 valence electrons. The van der Waals surface area contributed by atoms with Gasteiger partial charge in [0.25, 0.3) is 5.69 Å². The summed E-state index contributed by atoms with van der Waals surface area (Å²) in [7, 11) is 0. The van der Waals surface area contributed by atoms with Crippen LogP contribution in [-0.4, -0.2) is 22.4 Å². The molecule has 0 fully saturated rings. The second kappa shape index (κ2) is 8.43. The van der Waals surface area contributed by atoms with E-state index in [1.54, 1.807) is 0 Å². The predicted molar refractivity (Wildman–Crippen MR) is 103 cm³/mol. The number of nitrogens with one attached hydrogen (secondary N) is 2. The van der Waals surface area contributed by atoms with Gasteiger partial charge in [-0.3, -0.25) is 14.9 Å². The number of thiazole rings is 1. The molecule has 0 saturated heterocycles. The minimum Gasteiger partial charge on any atom is -0.379 e. The Morgan fingerprint density at radius 1 is 1.21 bits per heavy atom. The van der Waals surface area contributed by atoms with Crippen LogP contribution in [0.25, 0.3) is 10.2 Å². The van der Waals surface area contributed by atoms with E-state index in [1.807, 2.05) is 24.3 Å². The Kier molecular flexibility index (Phi) is 5.97. The first-order valence-corrected chi connectivity index (χ1v) is 9.26. The summed E-state index contributed by atoms with van der Waals surface area (Å²) in [6.07, 6.45) is -4.69. The molecule has 3 rings (SSSR count). The van der Waals surface area contributed by atoms with Crippen molar-refractivity contribution in [1.82, 2.24) is 10.3 Å². The lowest BCUT2D eigenvalue weighted by Crippen LogP contribution is -2.24. The minimum absolute atomic E-state index is 0.0108. The molecule has 0 spiro atoms. The highest BCUT2D eigenvalue weighted by atomic mass is 32.1. The Balaban J connectivity index is 1.53. The molecule has 0 bridgehead atoms. The summed E-state index contributed by atoms with van der Waals surface area (Å²) in [6, 6.07) is 9.78. The average molecular weight is 424 g/mol. The Morgan fingerprint density at radius 2 is 1.97 bits per heavy atom. The lowest BCUT2D eigenvalue weighted by Gasteiger charge is -2.10. The number of para-hydroxylation sites is 1. The van der Waals surface area contributed by atoms with Crippen LogP contribution in [0, 0.1) is 10.1 Å². The number of benzene rings is 2. The second-order valence-electron chi connectivity index (χ2n) is 6.02.